The van der Waals surface area contributed by atoms with E-state index in [2.05, 4.69) is 20.5 Å². The number of halogens is 1. The summed E-state index contributed by atoms with van der Waals surface area (Å²) in [7, 11) is 0. The largest absolute Gasteiger partial charge is 0.349 e. The topological polar surface area (TPSA) is 72.7 Å². The zero-order chi connectivity index (χ0) is 21.9. The van der Waals surface area contributed by atoms with Gasteiger partial charge in [-0.3, -0.25) is 14.3 Å². The summed E-state index contributed by atoms with van der Waals surface area (Å²) in [5.41, 5.74) is 2.79. The smallest absolute Gasteiger partial charge is 0.251 e. The Morgan fingerprint density at radius 2 is 1.88 bits per heavy atom. The lowest BCUT2D eigenvalue weighted by Crippen LogP contribution is -2.25. The number of nitrogens with one attached hydrogen (secondary N) is 1. The number of benzene rings is 2. The first-order valence-electron chi connectivity index (χ1n) is 10.3. The fraction of sp³-hybridized carbons (Fsp3) is 0.167. The van der Waals surface area contributed by atoms with E-state index in [1.165, 1.54) is 17.8 Å². The second-order valence-corrected chi connectivity index (χ2v) is 8.51. The van der Waals surface area contributed by atoms with Crippen LogP contribution in [0, 0.1) is 5.82 Å². The molecule has 1 aliphatic rings. The van der Waals surface area contributed by atoms with Crippen molar-refractivity contribution in [2.75, 3.05) is 0 Å². The molecule has 160 valence electrons. The van der Waals surface area contributed by atoms with E-state index < -0.39 is 0 Å². The quantitative estimate of drug-likeness (QED) is 0.419. The number of amides is 1. The SMILES string of the molecule is O=C(NC1CC1)c1cccc(CSc2nnc(-c3ccncc3)n2-c2ccccc2F)c1. The number of pyridine rings is 1. The fourth-order valence-corrected chi connectivity index (χ4v) is 4.24. The molecule has 0 bridgehead atoms. The Bertz CT molecular complexity index is 1260. The van der Waals surface area contributed by atoms with Gasteiger partial charge in [0.2, 0.25) is 0 Å². The van der Waals surface area contributed by atoms with Crippen molar-refractivity contribution in [2.24, 2.45) is 0 Å². The highest BCUT2D eigenvalue weighted by Gasteiger charge is 2.24. The molecule has 4 aromatic rings. The molecule has 8 heteroatoms. The summed E-state index contributed by atoms with van der Waals surface area (Å²) in [4.78, 5) is 16.4. The van der Waals surface area contributed by atoms with Gasteiger partial charge in [0.25, 0.3) is 5.91 Å². The molecule has 1 saturated carbocycles. The number of hydrogen-bond donors (Lipinski definition) is 1. The van der Waals surface area contributed by atoms with Crippen molar-refractivity contribution in [1.82, 2.24) is 25.1 Å². The number of carbonyl (C=O) groups excluding carboxylic acids is 1. The van der Waals surface area contributed by atoms with Gasteiger partial charge in [-0.05, 0) is 54.8 Å². The molecule has 0 radical (unpaired) electrons. The molecule has 6 nitrogen and oxygen atoms in total. The third-order valence-electron chi connectivity index (χ3n) is 5.13. The summed E-state index contributed by atoms with van der Waals surface area (Å²) in [6.45, 7) is 0. The van der Waals surface area contributed by atoms with Gasteiger partial charge in [0.1, 0.15) is 5.82 Å². The summed E-state index contributed by atoms with van der Waals surface area (Å²) in [5, 5.41) is 12.3. The second-order valence-electron chi connectivity index (χ2n) is 7.57. The van der Waals surface area contributed by atoms with Crippen molar-refractivity contribution in [3.63, 3.8) is 0 Å². The molecule has 32 heavy (non-hydrogen) atoms. The van der Waals surface area contributed by atoms with Crippen LogP contribution < -0.4 is 5.32 Å². The number of aromatic nitrogens is 4. The molecule has 2 heterocycles. The normalized spacial score (nSPS) is 13.2. The summed E-state index contributed by atoms with van der Waals surface area (Å²) >= 11 is 1.44. The van der Waals surface area contributed by atoms with E-state index in [0.29, 0.717) is 34.0 Å². The van der Waals surface area contributed by atoms with Gasteiger partial charge in [-0.1, -0.05) is 36.0 Å². The van der Waals surface area contributed by atoms with Crippen molar-refractivity contribution in [1.29, 1.82) is 0 Å². The Balaban J connectivity index is 1.44. The first kappa shape index (κ1) is 20.4. The van der Waals surface area contributed by atoms with E-state index in [1.807, 2.05) is 36.4 Å². The first-order valence-corrected chi connectivity index (χ1v) is 11.3. The molecule has 0 unspecified atom stereocenters. The molecule has 0 aliphatic heterocycles. The fourth-order valence-electron chi connectivity index (χ4n) is 3.35. The van der Waals surface area contributed by atoms with Gasteiger partial charge in [-0.2, -0.15) is 0 Å². The number of thioether (sulfide) groups is 1. The minimum atomic E-state index is -0.358. The highest BCUT2D eigenvalue weighted by molar-refractivity contribution is 7.98. The van der Waals surface area contributed by atoms with Crippen LogP contribution in [0.4, 0.5) is 4.39 Å². The van der Waals surface area contributed by atoms with Crippen LogP contribution in [0.15, 0.2) is 78.2 Å². The number of nitrogens with zero attached hydrogens (tertiary/aromatic N) is 4. The maximum absolute atomic E-state index is 14.7. The minimum absolute atomic E-state index is 0.0474. The van der Waals surface area contributed by atoms with E-state index in [-0.39, 0.29) is 11.7 Å². The van der Waals surface area contributed by atoms with E-state index >= 15 is 0 Å². The number of para-hydroxylation sites is 1. The van der Waals surface area contributed by atoms with E-state index in [0.717, 1.165) is 24.0 Å². The average molecular weight is 446 g/mol. The van der Waals surface area contributed by atoms with Crippen LogP contribution in [0.1, 0.15) is 28.8 Å². The second kappa shape index (κ2) is 8.92. The number of carbonyl (C=O) groups is 1. The van der Waals surface area contributed by atoms with Gasteiger partial charge in [-0.25, -0.2) is 4.39 Å². The molecule has 1 fully saturated rings. The van der Waals surface area contributed by atoms with Crippen LogP contribution in [-0.4, -0.2) is 31.7 Å². The van der Waals surface area contributed by atoms with E-state index in [9.17, 15) is 9.18 Å². The minimum Gasteiger partial charge on any atom is -0.349 e. The maximum atomic E-state index is 14.7. The lowest BCUT2D eigenvalue weighted by molar-refractivity contribution is 0.0951. The van der Waals surface area contributed by atoms with Crippen molar-refractivity contribution in [3.8, 4) is 17.1 Å². The molecular formula is C24H20FN5OS. The highest BCUT2D eigenvalue weighted by atomic mass is 32.2. The Hall–Kier alpha value is -3.52. The Morgan fingerprint density at radius 1 is 1.06 bits per heavy atom. The van der Waals surface area contributed by atoms with Crippen LogP contribution in [0.2, 0.25) is 0 Å². The molecule has 0 spiro atoms. The average Bonchev–Trinajstić information content (AvgIpc) is 3.54. The zero-order valence-corrected chi connectivity index (χ0v) is 17.9. The van der Waals surface area contributed by atoms with Crippen LogP contribution in [0.5, 0.6) is 0 Å². The van der Waals surface area contributed by atoms with Crippen molar-refractivity contribution >= 4 is 17.7 Å². The predicted molar refractivity (Wildman–Crippen MR) is 121 cm³/mol. The monoisotopic (exact) mass is 445 g/mol. The van der Waals surface area contributed by atoms with Gasteiger partial charge >= 0.3 is 0 Å². The highest BCUT2D eigenvalue weighted by Crippen LogP contribution is 2.30. The van der Waals surface area contributed by atoms with Gasteiger partial charge in [0.15, 0.2) is 11.0 Å². The van der Waals surface area contributed by atoms with Crippen molar-refractivity contribution in [3.05, 3.63) is 90.0 Å². The molecule has 2 aromatic heterocycles. The summed E-state index contributed by atoms with van der Waals surface area (Å²) in [6, 6.07) is 18.1. The van der Waals surface area contributed by atoms with Crippen molar-refractivity contribution in [2.45, 2.75) is 29.8 Å². The van der Waals surface area contributed by atoms with E-state index in [4.69, 9.17) is 0 Å². The molecule has 2 aromatic carbocycles. The number of rotatable bonds is 7. The molecule has 1 N–H and O–H groups in total. The Morgan fingerprint density at radius 3 is 2.66 bits per heavy atom. The van der Waals surface area contributed by atoms with Gasteiger partial charge < -0.3 is 5.32 Å². The maximum Gasteiger partial charge on any atom is 0.251 e. The van der Waals surface area contributed by atoms with Crippen LogP contribution in [0.3, 0.4) is 0 Å². The molecule has 1 aliphatic carbocycles. The molecule has 0 atom stereocenters. The van der Waals surface area contributed by atoms with Crippen LogP contribution in [0.25, 0.3) is 17.1 Å². The van der Waals surface area contributed by atoms with Crippen LogP contribution in [-0.2, 0) is 5.75 Å². The van der Waals surface area contributed by atoms with Gasteiger partial charge in [0, 0.05) is 35.3 Å². The third-order valence-corrected chi connectivity index (χ3v) is 6.14. The first-order chi connectivity index (χ1) is 15.7. The molecule has 0 saturated heterocycles. The van der Waals surface area contributed by atoms with Crippen molar-refractivity contribution < 1.29 is 9.18 Å². The third kappa shape index (κ3) is 4.40. The number of hydrogen-bond acceptors (Lipinski definition) is 5. The Labute approximate surface area is 188 Å². The summed E-state index contributed by atoms with van der Waals surface area (Å²) in [5.74, 6) is 0.697. The van der Waals surface area contributed by atoms with Crippen LogP contribution >= 0.6 is 11.8 Å². The standard InChI is InChI=1S/C24H20FN5OS/c25-20-6-1-2-7-21(20)30-22(17-10-12-26-13-11-17)28-29-24(30)32-15-16-4-3-5-18(14-16)23(31)27-19-8-9-19/h1-7,10-14,19H,8-9,15H2,(H,27,31). The molecule has 5 rings (SSSR count). The van der Waals surface area contributed by atoms with Gasteiger partial charge in [-0.15, -0.1) is 10.2 Å². The summed E-state index contributed by atoms with van der Waals surface area (Å²) < 4.78 is 16.4. The lowest BCUT2D eigenvalue weighted by Gasteiger charge is -2.11. The molecule has 1 amide bonds. The van der Waals surface area contributed by atoms with E-state index in [1.54, 1.807) is 35.2 Å². The lowest BCUT2D eigenvalue weighted by atomic mass is 10.1. The zero-order valence-electron chi connectivity index (χ0n) is 17.1. The summed E-state index contributed by atoms with van der Waals surface area (Å²) in [6.07, 6.45) is 5.43. The molecular weight excluding hydrogens is 425 g/mol. The predicted octanol–water partition coefficient (Wildman–Crippen LogP) is 4.65. The van der Waals surface area contributed by atoms with Gasteiger partial charge in [0.05, 0.1) is 5.69 Å². The Kier molecular flexibility index (Phi) is 5.68.